The zero-order valence-corrected chi connectivity index (χ0v) is 25.5. The number of rotatable bonds is 7. The Balaban J connectivity index is 1.42. The van der Waals surface area contributed by atoms with Gasteiger partial charge in [-0.15, -0.1) is 0 Å². The predicted octanol–water partition coefficient (Wildman–Crippen LogP) is 5.30. The zero-order chi connectivity index (χ0) is 29.1. The Morgan fingerprint density at radius 2 is 1.66 bits per heavy atom. The van der Waals surface area contributed by atoms with Crippen molar-refractivity contribution < 1.29 is 19.4 Å². The number of hydrogen-bond acceptors (Lipinski definition) is 5. The van der Waals surface area contributed by atoms with Crippen LogP contribution in [0.3, 0.4) is 0 Å². The molecule has 2 aliphatic rings. The molecule has 7 nitrogen and oxygen atoms in total. The lowest BCUT2D eigenvalue weighted by Gasteiger charge is -2.47. The van der Waals surface area contributed by atoms with Crippen LogP contribution in [0.25, 0.3) is 0 Å². The molecule has 0 bridgehead atoms. The summed E-state index contributed by atoms with van der Waals surface area (Å²) >= 11 is 3.50. The molecule has 2 heterocycles. The summed E-state index contributed by atoms with van der Waals surface area (Å²) in [6, 6.07) is 23.2. The van der Waals surface area contributed by atoms with E-state index in [1.807, 2.05) is 84.6 Å². The van der Waals surface area contributed by atoms with Gasteiger partial charge in [0.15, 0.2) is 0 Å². The van der Waals surface area contributed by atoms with Crippen LogP contribution < -0.4 is 9.64 Å². The fraction of sp³-hybridized carbons (Fsp3) is 0.394. The molecule has 3 aromatic rings. The number of benzene rings is 3. The van der Waals surface area contributed by atoms with E-state index in [1.54, 1.807) is 12.0 Å². The molecule has 1 N–H and O–H groups in total. The topological polar surface area (TPSA) is 73.3 Å². The maximum absolute atomic E-state index is 14.3. The van der Waals surface area contributed by atoms with Crippen LogP contribution in [0.15, 0.2) is 77.3 Å². The first kappa shape index (κ1) is 29.3. The molecular formula is C33H38BrN3O4. The number of carbonyl (C=O) groups is 2. The quantitative estimate of drug-likeness (QED) is 0.388. The maximum Gasteiger partial charge on any atom is 0.228 e. The SMILES string of the molecule is COc1ccccc1C1C(C(=O)N2CCN(C(C)(CO)c3ccc(Br)cc3)CC2)CCC(=O)N1c1ccc(C)cc1. The number of aliphatic hydroxyl groups is 1. The van der Waals surface area contributed by atoms with Crippen LogP contribution in [0, 0.1) is 12.8 Å². The number of piperidine rings is 1. The fourth-order valence-corrected chi connectivity index (χ4v) is 6.53. The highest BCUT2D eigenvalue weighted by Gasteiger charge is 2.45. The van der Waals surface area contributed by atoms with E-state index in [9.17, 15) is 14.7 Å². The van der Waals surface area contributed by atoms with Gasteiger partial charge in [0.2, 0.25) is 11.8 Å². The average Bonchev–Trinajstić information content (AvgIpc) is 3.01. The second kappa shape index (κ2) is 12.3. The number of piperazine rings is 1. The van der Waals surface area contributed by atoms with Crippen LogP contribution in [0.2, 0.25) is 0 Å². The van der Waals surface area contributed by atoms with E-state index < -0.39 is 17.5 Å². The molecule has 2 fully saturated rings. The Hall–Kier alpha value is -3.20. The van der Waals surface area contributed by atoms with Gasteiger partial charge in [-0.25, -0.2) is 0 Å². The lowest BCUT2D eigenvalue weighted by Crippen LogP contribution is -2.58. The van der Waals surface area contributed by atoms with Crippen LogP contribution in [-0.4, -0.2) is 66.6 Å². The standard InChI is InChI=1S/C33H38BrN3O4/c1-23-8-14-26(15-9-23)37-30(39)17-16-28(31(37)27-6-4-5-7-29(27)41-3)32(40)35-18-20-36(21-19-35)33(2,22-38)24-10-12-25(34)13-11-24/h4-15,28,31,38H,16-22H2,1-3H3. The summed E-state index contributed by atoms with van der Waals surface area (Å²) in [6.45, 7) is 6.45. The summed E-state index contributed by atoms with van der Waals surface area (Å²) in [6.07, 6.45) is 0.790. The summed E-state index contributed by atoms with van der Waals surface area (Å²) in [5.74, 6) is 0.319. The Morgan fingerprint density at radius 3 is 2.29 bits per heavy atom. The van der Waals surface area contributed by atoms with Crippen LogP contribution in [0.4, 0.5) is 5.69 Å². The average molecular weight is 621 g/mol. The smallest absolute Gasteiger partial charge is 0.228 e. The molecule has 0 radical (unpaired) electrons. The number of methoxy groups -OCH3 is 1. The van der Waals surface area contributed by atoms with E-state index in [2.05, 4.69) is 27.8 Å². The summed E-state index contributed by atoms with van der Waals surface area (Å²) in [7, 11) is 1.62. The first-order valence-corrected chi connectivity index (χ1v) is 15.0. The highest BCUT2D eigenvalue weighted by molar-refractivity contribution is 9.10. The Bertz CT molecular complexity index is 1370. The molecule has 0 aromatic heterocycles. The van der Waals surface area contributed by atoms with Gasteiger partial charge in [0.1, 0.15) is 5.75 Å². The normalized spacial score (nSPS) is 21.4. The largest absolute Gasteiger partial charge is 0.496 e. The lowest BCUT2D eigenvalue weighted by molar-refractivity contribution is -0.141. The number of halogens is 1. The van der Waals surface area contributed by atoms with Crippen molar-refractivity contribution in [3.05, 3.63) is 94.0 Å². The van der Waals surface area contributed by atoms with Gasteiger partial charge in [0, 0.05) is 48.3 Å². The van der Waals surface area contributed by atoms with Crippen molar-refractivity contribution in [1.29, 1.82) is 0 Å². The molecule has 3 atom stereocenters. The first-order chi connectivity index (χ1) is 19.8. The number of hydrogen-bond donors (Lipinski definition) is 1. The number of nitrogens with zero attached hydrogens (tertiary/aromatic N) is 3. The van der Waals surface area contributed by atoms with Crippen LogP contribution in [0.1, 0.15) is 42.5 Å². The predicted molar refractivity (Wildman–Crippen MR) is 164 cm³/mol. The molecule has 41 heavy (non-hydrogen) atoms. The van der Waals surface area contributed by atoms with Crippen LogP contribution in [-0.2, 0) is 15.1 Å². The van der Waals surface area contributed by atoms with Gasteiger partial charge in [0.25, 0.3) is 0 Å². The number of carbonyl (C=O) groups excluding carboxylic acids is 2. The van der Waals surface area contributed by atoms with Crippen molar-refractivity contribution in [2.24, 2.45) is 5.92 Å². The van der Waals surface area contributed by atoms with Crippen LogP contribution in [0.5, 0.6) is 5.75 Å². The maximum atomic E-state index is 14.3. The minimum absolute atomic E-state index is 0.00633. The third-order valence-corrected chi connectivity index (χ3v) is 9.28. The monoisotopic (exact) mass is 619 g/mol. The summed E-state index contributed by atoms with van der Waals surface area (Å²) in [5.41, 5.74) is 3.22. The van der Waals surface area contributed by atoms with E-state index in [0.29, 0.717) is 44.8 Å². The lowest BCUT2D eigenvalue weighted by atomic mass is 9.82. The molecule has 5 rings (SSSR count). The van der Waals surface area contributed by atoms with Gasteiger partial charge >= 0.3 is 0 Å². The van der Waals surface area contributed by atoms with Crippen molar-refractivity contribution >= 4 is 33.4 Å². The highest BCUT2D eigenvalue weighted by atomic mass is 79.9. The molecule has 0 spiro atoms. The molecule has 2 amide bonds. The second-order valence-electron chi connectivity index (χ2n) is 11.2. The highest BCUT2D eigenvalue weighted by Crippen LogP contribution is 2.44. The van der Waals surface area contributed by atoms with E-state index in [-0.39, 0.29) is 18.4 Å². The molecule has 0 aliphatic carbocycles. The molecule has 216 valence electrons. The van der Waals surface area contributed by atoms with Gasteiger partial charge in [-0.05, 0) is 56.2 Å². The van der Waals surface area contributed by atoms with E-state index in [4.69, 9.17) is 4.74 Å². The van der Waals surface area contributed by atoms with Crippen molar-refractivity contribution in [2.75, 3.05) is 44.8 Å². The van der Waals surface area contributed by atoms with Gasteiger partial charge in [0.05, 0.1) is 31.2 Å². The molecule has 8 heteroatoms. The van der Waals surface area contributed by atoms with Crippen molar-refractivity contribution in [3.63, 3.8) is 0 Å². The number of amides is 2. The minimum atomic E-state index is -0.546. The third kappa shape index (κ3) is 5.78. The Morgan fingerprint density at radius 1 is 1.00 bits per heavy atom. The molecule has 3 unspecified atom stereocenters. The van der Waals surface area contributed by atoms with Gasteiger partial charge < -0.3 is 19.6 Å². The van der Waals surface area contributed by atoms with Crippen molar-refractivity contribution in [3.8, 4) is 5.75 Å². The molecule has 2 aliphatic heterocycles. The molecule has 0 saturated carbocycles. The van der Waals surface area contributed by atoms with Gasteiger partial charge in [-0.1, -0.05) is 64.0 Å². The Labute approximate surface area is 250 Å². The minimum Gasteiger partial charge on any atom is -0.496 e. The fourth-order valence-electron chi connectivity index (χ4n) is 6.27. The van der Waals surface area contributed by atoms with Crippen molar-refractivity contribution in [1.82, 2.24) is 9.80 Å². The second-order valence-corrected chi connectivity index (χ2v) is 12.1. The number of anilines is 1. The molecule has 3 aromatic carbocycles. The number of aliphatic hydroxyl groups excluding tert-OH is 1. The Kier molecular flexibility index (Phi) is 8.82. The summed E-state index contributed by atoms with van der Waals surface area (Å²) < 4.78 is 6.72. The zero-order valence-electron chi connectivity index (χ0n) is 23.9. The molecule has 2 saturated heterocycles. The molecular weight excluding hydrogens is 582 g/mol. The van der Waals surface area contributed by atoms with E-state index >= 15 is 0 Å². The van der Waals surface area contributed by atoms with E-state index in [1.165, 1.54) is 0 Å². The number of para-hydroxylation sites is 1. The van der Waals surface area contributed by atoms with Gasteiger partial charge in [-0.3, -0.25) is 14.5 Å². The number of ether oxygens (including phenoxy) is 1. The van der Waals surface area contributed by atoms with Crippen LogP contribution >= 0.6 is 15.9 Å². The van der Waals surface area contributed by atoms with Crippen molar-refractivity contribution in [2.45, 2.75) is 38.3 Å². The first-order valence-electron chi connectivity index (χ1n) is 14.2. The third-order valence-electron chi connectivity index (χ3n) is 8.75. The van der Waals surface area contributed by atoms with E-state index in [0.717, 1.165) is 26.9 Å². The number of aryl methyl sites for hydroxylation is 1. The summed E-state index contributed by atoms with van der Waals surface area (Å²) in [4.78, 5) is 33.8. The summed E-state index contributed by atoms with van der Waals surface area (Å²) in [5, 5.41) is 10.4. The van der Waals surface area contributed by atoms with Gasteiger partial charge in [-0.2, -0.15) is 0 Å².